The molecular formula is C30H26Cl2N2O8. The van der Waals surface area contributed by atoms with Crippen LogP contribution in [0.5, 0.6) is 0 Å². The van der Waals surface area contributed by atoms with E-state index in [-0.39, 0.29) is 0 Å². The second-order valence-corrected chi connectivity index (χ2v) is 10.3. The Morgan fingerprint density at radius 3 is 1.17 bits per heavy atom. The Kier molecular flexibility index (Phi) is 11.6. The fourth-order valence-electron chi connectivity index (χ4n) is 4.11. The molecule has 218 valence electrons. The molecule has 0 aliphatic rings. The topological polar surface area (TPSA) is 192 Å². The van der Waals surface area contributed by atoms with Gasteiger partial charge >= 0.3 is 0 Å². The maximum Gasteiger partial charge on any atom is 0.213 e. The quantitative estimate of drug-likeness (QED) is 0.181. The Morgan fingerprint density at radius 1 is 0.476 bits per heavy atom. The molecule has 2 aromatic heterocycles. The van der Waals surface area contributed by atoms with Gasteiger partial charge < -0.3 is 0 Å². The number of aryl methyl sites for hydroxylation is 1. The van der Waals surface area contributed by atoms with Crippen LogP contribution in [0.15, 0.2) is 128 Å². The van der Waals surface area contributed by atoms with Crippen LogP contribution in [-0.2, 0) is 13.6 Å². The minimum atomic E-state index is -4.94. The molecule has 0 bridgehead atoms. The van der Waals surface area contributed by atoms with Gasteiger partial charge in [-0.25, -0.2) is 41.8 Å². The van der Waals surface area contributed by atoms with Gasteiger partial charge in [0.25, 0.3) is 0 Å². The summed E-state index contributed by atoms with van der Waals surface area (Å²) in [4.78, 5) is 0. The van der Waals surface area contributed by atoms with Gasteiger partial charge in [0.05, 0.1) is 0 Å². The summed E-state index contributed by atoms with van der Waals surface area (Å²) >= 11 is 0. The first-order valence-corrected chi connectivity index (χ1v) is 14.7. The third-order valence-corrected chi connectivity index (χ3v) is 5.80. The van der Waals surface area contributed by atoms with Crippen LogP contribution in [0.3, 0.4) is 0 Å². The van der Waals surface area contributed by atoms with Gasteiger partial charge in [-0.05, 0) is 35.4 Å². The van der Waals surface area contributed by atoms with Crippen LogP contribution in [0.25, 0.3) is 33.6 Å². The molecule has 0 amide bonds. The summed E-state index contributed by atoms with van der Waals surface area (Å²) in [6.07, 6.45) is 4.22. The molecular weight excluding hydrogens is 587 g/mol. The van der Waals surface area contributed by atoms with Crippen molar-refractivity contribution in [1.82, 2.24) is 0 Å². The van der Waals surface area contributed by atoms with Crippen LogP contribution in [0.2, 0.25) is 0 Å². The fraction of sp³-hybridized carbons (Fsp3) is 0.0667. The third kappa shape index (κ3) is 11.6. The Labute approximate surface area is 247 Å². The summed E-state index contributed by atoms with van der Waals surface area (Å²) < 4.78 is 72.5. The van der Waals surface area contributed by atoms with Crippen LogP contribution >= 0.6 is 0 Å². The number of benzene rings is 3. The van der Waals surface area contributed by atoms with Crippen molar-refractivity contribution in [3.8, 4) is 33.6 Å². The minimum Gasteiger partial charge on any atom is -0.222 e. The lowest BCUT2D eigenvalue weighted by atomic mass is 9.98. The van der Waals surface area contributed by atoms with Crippen molar-refractivity contribution < 1.29 is 66.9 Å². The van der Waals surface area contributed by atoms with E-state index in [0.29, 0.717) is 0 Å². The molecule has 0 spiro atoms. The van der Waals surface area contributed by atoms with Gasteiger partial charge in [-0.2, -0.15) is 4.57 Å². The largest absolute Gasteiger partial charge is 0.222 e. The summed E-state index contributed by atoms with van der Waals surface area (Å²) in [7, 11) is -7.84. The fourth-order valence-corrected chi connectivity index (χ4v) is 4.11. The first-order chi connectivity index (χ1) is 19.8. The van der Waals surface area contributed by atoms with E-state index in [1.165, 1.54) is 39.2 Å². The maximum absolute atomic E-state index is 8.49. The normalized spacial score (nSPS) is 11.1. The molecule has 5 aromatic rings. The Hall–Kier alpha value is -3.78. The summed E-state index contributed by atoms with van der Waals surface area (Å²) in [5.41, 5.74) is 8.56. The number of halogens is 2. The van der Waals surface area contributed by atoms with E-state index < -0.39 is 20.5 Å². The smallest absolute Gasteiger partial charge is 0.213 e. The van der Waals surface area contributed by atoms with E-state index in [1.807, 2.05) is 0 Å². The first-order valence-electron chi connectivity index (χ1n) is 12.2. The lowest BCUT2D eigenvalue weighted by Crippen LogP contribution is -2.68. The van der Waals surface area contributed by atoms with E-state index in [2.05, 4.69) is 144 Å². The maximum atomic E-state index is 8.49. The zero-order valence-corrected chi connectivity index (χ0v) is 23.8. The van der Waals surface area contributed by atoms with Crippen molar-refractivity contribution in [2.24, 2.45) is 7.05 Å². The molecule has 0 aliphatic carbocycles. The predicted octanol–water partition coefficient (Wildman–Crippen LogP) is -3.66. The van der Waals surface area contributed by atoms with Crippen molar-refractivity contribution in [3.05, 3.63) is 133 Å². The van der Waals surface area contributed by atoms with Gasteiger partial charge in [-0.15, -0.1) is 20.5 Å². The number of nitrogens with zero attached hydrogens (tertiary/aromatic N) is 2. The first kappa shape index (κ1) is 32.7. The van der Waals surface area contributed by atoms with Gasteiger partial charge in [0.15, 0.2) is 18.9 Å². The molecule has 0 radical (unpaired) electrons. The summed E-state index contributed by atoms with van der Waals surface area (Å²) in [6, 6.07) is 41.0. The average Bonchev–Trinajstić information content (AvgIpc) is 2.94. The predicted molar refractivity (Wildman–Crippen MR) is 130 cm³/mol. The molecule has 42 heavy (non-hydrogen) atoms. The van der Waals surface area contributed by atoms with E-state index in [9.17, 15) is 0 Å². The molecule has 2 heterocycles. The van der Waals surface area contributed by atoms with Crippen molar-refractivity contribution in [3.63, 3.8) is 0 Å². The average molecular weight is 613 g/mol. The lowest BCUT2D eigenvalue weighted by molar-refractivity contribution is -2.00. The molecule has 0 saturated carbocycles. The SMILES string of the molecule is C[n+]1ccc(C[n+]2c(-c3ccccc3)cc(-c3ccccc3)cc2-c2ccccc2)cc1.[O-][Cl+3]([O-])([O-])[O-].[O-][Cl+3]([O-])([O-])[O-]. The monoisotopic (exact) mass is 612 g/mol. The van der Waals surface area contributed by atoms with Crippen LogP contribution < -0.4 is 46.4 Å². The second kappa shape index (κ2) is 14.9. The van der Waals surface area contributed by atoms with Crippen molar-refractivity contribution >= 4 is 0 Å². The standard InChI is InChI=1S/C30H26N2.2ClHO4/c1-31-19-17-24(18-20-31)23-32-29(26-13-7-3-8-14-26)21-28(25-11-5-2-6-12-25)22-30(32)27-15-9-4-10-16-27;2*2-1(3,4)5/h2-22H,23H2,1H3;2*(H,2,3,4,5)/q+2;;/p-2. The van der Waals surface area contributed by atoms with E-state index in [0.717, 1.165) is 6.54 Å². The van der Waals surface area contributed by atoms with E-state index in [1.54, 1.807) is 0 Å². The molecule has 3 aromatic carbocycles. The van der Waals surface area contributed by atoms with Gasteiger partial charge in [-0.1, -0.05) is 66.7 Å². The minimum absolute atomic E-state index is 0.796. The number of hydrogen-bond acceptors (Lipinski definition) is 8. The second-order valence-electron chi connectivity index (χ2n) is 8.83. The molecule has 0 atom stereocenters. The summed E-state index contributed by atoms with van der Waals surface area (Å²) in [5.74, 6) is 0. The number of hydrogen-bond donors (Lipinski definition) is 0. The van der Waals surface area contributed by atoms with Gasteiger partial charge in [0.1, 0.15) is 7.05 Å². The Bertz CT molecular complexity index is 1450. The van der Waals surface area contributed by atoms with Crippen LogP contribution in [0.4, 0.5) is 0 Å². The van der Waals surface area contributed by atoms with Crippen molar-refractivity contribution in [2.45, 2.75) is 6.54 Å². The van der Waals surface area contributed by atoms with Crippen LogP contribution in [0.1, 0.15) is 5.56 Å². The lowest BCUT2D eigenvalue weighted by Gasteiger charge is -2.17. The molecule has 0 N–H and O–H groups in total. The van der Waals surface area contributed by atoms with E-state index >= 15 is 0 Å². The molecule has 12 heteroatoms. The number of aromatic nitrogens is 2. The highest BCUT2D eigenvalue weighted by Gasteiger charge is 2.23. The number of pyridine rings is 2. The Balaban J connectivity index is 0.000000420. The molecule has 5 rings (SSSR count). The van der Waals surface area contributed by atoms with Crippen LogP contribution in [-0.4, -0.2) is 0 Å². The molecule has 0 saturated heterocycles. The number of rotatable bonds is 5. The van der Waals surface area contributed by atoms with Gasteiger partial charge in [0, 0.05) is 41.0 Å². The summed E-state index contributed by atoms with van der Waals surface area (Å²) in [6.45, 7) is 0.796. The molecule has 10 nitrogen and oxygen atoms in total. The summed E-state index contributed by atoms with van der Waals surface area (Å²) in [5, 5.41) is 0. The van der Waals surface area contributed by atoms with Crippen LogP contribution in [0, 0.1) is 20.5 Å². The van der Waals surface area contributed by atoms with Gasteiger partial charge in [-0.3, -0.25) is 0 Å². The van der Waals surface area contributed by atoms with Gasteiger partial charge in [0.2, 0.25) is 11.4 Å². The molecule has 0 unspecified atom stereocenters. The zero-order valence-electron chi connectivity index (χ0n) is 22.2. The van der Waals surface area contributed by atoms with Crippen molar-refractivity contribution in [2.75, 3.05) is 0 Å². The van der Waals surface area contributed by atoms with E-state index in [4.69, 9.17) is 37.3 Å². The highest BCUT2D eigenvalue weighted by Crippen LogP contribution is 2.29. The molecule has 0 aliphatic heterocycles. The highest BCUT2D eigenvalue weighted by molar-refractivity contribution is 5.73. The third-order valence-electron chi connectivity index (χ3n) is 5.80. The highest BCUT2D eigenvalue weighted by atomic mass is 35.7. The Morgan fingerprint density at radius 2 is 0.810 bits per heavy atom. The molecule has 0 fully saturated rings. The van der Waals surface area contributed by atoms with Crippen molar-refractivity contribution in [1.29, 1.82) is 0 Å². The zero-order chi connectivity index (χ0) is 30.8.